The molecule has 3 N–H and O–H groups in total. The third-order valence-electron chi connectivity index (χ3n) is 3.76. The monoisotopic (exact) mass is 285 g/mol. The molecule has 0 aliphatic heterocycles. The number of hydrogen-bond donors (Lipinski definition) is 2. The van der Waals surface area contributed by atoms with Crippen LogP contribution in [0, 0.1) is 5.92 Å². The third kappa shape index (κ3) is 15.5. The fourth-order valence-electron chi connectivity index (χ4n) is 2.50. The number of aliphatic hydroxyl groups is 1. The zero-order valence-corrected chi connectivity index (χ0v) is 13.6. The Morgan fingerprint density at radius 3 is 1.65 bits per heavy atom. The summed E-state index contributed by atoms with van der Waals surface area (Å²) in [6.07, 6.45) is 13.2. The Hall–Kier alpha value is -0.570. The highest BCUT2D eigenvalue weighted by Crippen LogP contribution is 2.14. The summed E-state index contributed by atoms with van der Waals surface area (Å²) in [5, 5.41) is 9.48. The Balaban J connectivity index is 3.11. The van der Waals surface area contributed by atoms with Crippen molar-refractivity contribution in [1.82, 2.24) is 0 Å². The minimum atomic E-state index is -0.534. The minimum absolute atomic E-state index is 0.108. The van der Waals surface area contributed by atoms with Crippen LogP contribution in [0.1, 0.15) is 90.9 Å². The van der Waals surface area contributed by atoms with Gasteiger partial charge in [-0.15, -0.1) is 0 Å². The van der Waals surface area contributed by atoms with E-state index in [9.17, 15) is 9.90 Å². The first-order valence-corrected chi connectivity index (χ1v) is 8.48. The Labute approximate surface area is 125 Å². The van der Waals surface area contributed by atoms with E-state index in [1.54, 1.807) is 0 Å². The lowest BCUT2D eigenvalue weighted by molar-refractivity contribution is -0.119. The minimum Gasteiger partial charge on any atom is -0.393 e. The molecule has 0 aromatic rings. The van der Waals surface area contributed by atoms with Crippen LogP contribution in [0.2, 0.25) is 0 Å². The van der Waals surface area contributed by atoms with E-state index in [-0.39, 0.29) is 6.42 Å². The van der Waals surface area contributed by atoms with E-state index in [0.29, 0.717) is 6.42 Å². The molecule has 0 radical (unpaired) electrons. The average molecular weight is 285 g/mol. The van der Waals surface area contributed by atoms with Crippen molar-refractivity contribution in [2.24, 2.45) is 11.7 Å². The number of primary amides is 1. The van der Waals surface area contributed by atoms with Crippen LogP contribution in [-0.4, -0.2) is 17.1 Å². The number of carbonyl (C=O) groups excluding carboxylic acids is 1. The van der Waals surface area contributed by atoms with Gasteiger partial charge in [-0.25, -0.2) is 0 Å². The van der Waals surface area contributed by atoms with Crippen LogP contribution in [-0.2, 0) is 4.79 Å². The van der Waals surface area contributed by atoms with Crippen molar-refractivity contribution in [1.29, 1.82) is 0 Å². The highest BCUT2D eigenvalue weighted by Gasteiger charge is 2.06. The van der Waals surface area contributed by atoms with Crippen molar-refractivity contribution < 1.29 is 9.90 Å². The number of rotatable bonds is 14. The summed E-state index contributed by atoms with van der Waals surface area (Å²) >= 11 is 0. The van der Waals surface area contributed by atoms with Gasteiger partial charge in [0.2, 0.25) is 5.91 Å². The molecule has 0 rings (SSSR count). The molecule has 120 valence electrons. The summed E-state index contributed by atoms with van der Waals surface area (Å²) in [4.78, 5) is 10.6. The van der Waals surface area contributed by atoms with Gasteiger partial charge in [0, 0.05) is 0 Å². The molecule has 3 nitrogen and oxygen atoms in total. The molecule has 3 heteroatoms. The van der Waals surface area contributed by atoms with Crippen LogP contribution < -0.4 is 5.73 Å². The third-order valence-corrected chi connectivity index (χ3v) is 3.76. The molecule has 0 spiro atoms. The van der Waals surface area contributed by atoms with Gasteiger partial charge in [-0.1, -0.05) is 78.1 Å². The maximum atomic E-state index is 10.6. The van der Waals surface area contributed by atoms with E-state index < -0.39 is 12.0 Å². The van der Waals surface area contributed by atoms with Crippen molar-refractivity contribution in [3.8, 4) is 0 Å². The molecule has 0 aromatic heterocycles. The summed E-state index contributed by atoms with van der Waals surface area (Å²) in [7, 11) is 0. The quantitative estimate of drug-likeness (QED) is 0.470. The molecular formula is C17H35NO2. The molecule has 0 saturated carbocycles. The largest absolute Gasteiger partial charge is 0.393 e. The predicted molar refractivity (Wildman–Crippen MR) is 85.4 cm³/mol. The van der Waals surface area contributed by atoms with E-state index in [4.69, 9.17) is 5.73 Å². The smallest absolute Gasteiger partial charge is 0.220 e. The molecule has 0 aliphatic rings. The van der Waals surface area contributed by atoms with Gasteiger partial charge >= 0.3 is 0 Å². The lowest BCUT2D eigenvalue weighted by Gasteiger charge is -2.07. The second kappa shape index (κ2) is 13.4. The normalized spacial score (nSPS) is 12.8. The Morgan fingerprint density at radius 1 is 0.850 bits per heavy atom. The second-order valence-corrected chi connectivity index (χ2v) is 6.48. The van der Waals surface area contributed by atoms with Gasteiger partial charge in [0.1, 0.15) is 0 Å². The average Bonchev–Trinajstić information content (AvgIpc) is 2.34. The summed E-state index contributed by atoms with van der Waals surface area (Å²) in [6.45, 7) is 4.58. The lowest BCUT2D eigenvalue weighted by Crippen LogP contribution is -2.19. The van der Waals surface area contributed by atoms with Crippen LogP contribution in [0.3, 0.4) is 0 Å². The van der Waals surface area contributed by atoms with Crippen molar-refractivity contribution in [3.05, 3.63) is 0 Å². The van der Waals surface area contributed by atoms with E-state index in [0.717, 1.165) is 18.8 Å². The van der Waals surface area contributed by atoms with Crippen molar-refractivity contribution in [2.45, 2.75) is 97.0 Å². The molecule has 0 aromatic carbocycles. The first-order valence-electron chi connectivity index (χ1n) is 8.48. The van der Waals surface area contributed by atoms with Gasteiger partial charge in [-0.05, 0) is 12.3 Å². The highest BCUT2D eigenvalue weighted by molar-refractivity contribution is 5.74. The molecule has 20 heavy (non-hydrogen) atoms. The van der Waals surface area contributed by atoms with E-state index >= 15 is 0 Å². The Kier molecular flexibility index (Phi) is 13.0. The Bertz CT molecular complexity index is 229. The highest BCUT2D eigenvalue weighted by atomic mass is 16.3. The van der Waals surface area contributed by atoms with Crippen molar-refractivity contribution in [3.63, 3.8) is 0 Å². The molecule has 0 bridgehead atoms. The second-order valence-electron chi connectivity index (χ2n) is 6.48. The topological polar surface area (TPSA) is 63.3 Å². The van der Waals surface area contributed by atoms with E-state index in [1.165, 1.54) is 51.4 Å². The number of hydrogen-bond acceptors (Lipinski definition) is 2. The van der Waals surface area contributed by atoms with Crippen LogP contribution in [0.5, 0.6) is 0 Å². The first-order chi connectivity index (χ1) is 9.52. The summed E-state index contributed by atoms with van der Waals surface area (Å²) in [6, 6.07) is 0. The number of unbranched alkanes of at least 4 members (excludes halogenated alkanes) is 8. The summed E-state index contributed by atoms with van der Waals surface area (Å²) < 4.78 is 0. The number of nitrogens with two attached hydrogens (primary N) is 1. The maximum Gasteiger partial charge on any atom is 0.220 e. The number of amides is 1. The Morgan fingerprint density at radius 2 is 1.25 bits per heavy atom. The van der Waals surface area contributed by atoms with E-state index in [2.05, 4.69) is 13.8 Å². The predicted octanol–water partition coefficient (Wildman–Crippen LogP) is 4.17. The van der Waals surface area contributed by atoms with Crippen LogP contribution in [0.4, 0.5) is 0 Å². The van der Waals surface area contributed by atoms with E-state index in [1.807, 2.05) is 0 Å². The molecular weight excluding hydrogens is 250 g/mol. The van der Waals surface area contributed by atoms with Crippen LogP contribution in [0.25, 0.3) is 0 Å². The molecule has 0 heterocycles. The van der Waals surface area contributed by atoms with Crippen molar-refractivity contribution >= 4 is 5.91 Å². The summed E-state index contributed by atoms with van der Waals surface area (Å²) in [5.74, 6) is 0.440. The lowest BCUT2D eigenvalue weighted by atomic mass is 10.0. The molecule has 0 unspecified atom stereocenters. The molecule has 1 atom stereocenters. The fourth-order valence-corrected chi connectivity index (χ4v) is 2.50. The van der Waals surface area contributed by atoms with Gasteiger partial charge in [0.25, 0.3) is 0 Å². The molecule has 0 aliphatic carbocycles. The summed E-state index contributed by atoms with van der Waals surface area (Å²) in [5.41, 5.74) is 5.03. The first kappa shape index (κ1) is 19.4. The standard InChI is InChI=1S/C17H35NO2/c1-15(2)12-10-8-6-4-3-5-7-9-11-13-16(19)14-17(18)20/h15-16,19H,3-14H2,1-2H3,(H2,18,20)/t16-/m1/s1. The zero-order chi connectivity index (χ0) is 15.2. The van der Waals surface area contributed by atoms with Gasteiger partial charge in [0.15, 0.2) is 0 Å². The van der Waals surface area contributed by atoms with Crippen LogP contribution >= 0.6 is 0 Å². The molecule has 0 fully saturated rings. The van der Waals surface area contributed by atoms with Gasteiger partial charge in [-0.2, -0.15) is 0 Å². The number of carbonyl (C=O) groups is 1. The van der Waals surface area contributed by atoms with Gasteiger partial charge < -0.3 is 10.8 Å². The maximum absolute atomic E-state index is 10.6. The molecule has 1 amide bonds. The van der Waals surface area contributed by atoms with Crippen molar-refractivity contribution in [2.75, 3.05) is 0 Å². The molecule has 0 saturated heterocycles. The number of aliphatic hydroxyl groups excluding tert-OH is 1. The fraction of sp³-hybridized carbons (Fsp3) is 0.941. The van der Waals surface area contributed by atoms with Crippen LogP contribution in [0.15, 0.2) is 0 Å². The SMILES string of the molecule is CC(C)CCCCCCCCCCC[C@@H](O)CC(N)=O. The van der Waals surface area contributed by atoms with Gasteiger partial charge in [-0.3, -0.25) is 4.79 Å². The van der Waals surface area contributed by atoms with Gasteiger partial charge in [0.05, 0.1) is 12.5 Å². The zero-order valence-electron chi connectivity index (χ0n) is 13.6.